The number of nitrogens with zero attached hydrogens (tertiary/aromatic N) is 2. The van der Waals surface area contributed by atoms with Crippen molar-refractivity contribution in [3.8, 4) is 5.75 Å². The molecule has 0 heterocycles. The number of carbonyl (C=O) groups excluding carboxylic acids is 2. The fraction of sp³-hybridized carbons (Fsp3) is 0.364. The zero-order valence-corrected chi connectivity index (χ0v) is 19.3. The molecule has 9 heteroatoms. The van der Waals surface area contributed by atoms with E-state index in [1.165, 1.54) is 31.1 Å². The number of aryl methyl sites for hydroxylation is 1. The molecule has 0 bridgehead atoms. The lowest BCUT2D eigenvalue weighted by Crippen LogP contribution is -2.50. The predicted octanol–water partition coefficient (Wildman–Crippen LogP) is 1.79. The number of likely N-dealkylation sites (N-methyl/N-ethyl adjacent to an activating group) is 2. The van der Waals surface area contributed by atoms with Crippen LogP contribution in [0.2, 0.25) is 0 Å². The van der Waals surface area contributed by atoms with Crippen LogP contribution in [0.25, 0.3) is 0 Å². The van der Waals surface area contributed by atoms with Gasteiger partial charge in [-0.2, -0.15) is 4.31 Å². The maximum atomic E-state index is 13.1. The molecule has 2 rings (SSSR count). The number of rotatable bonds is 9. The summed E-state index contributed by atoms with van der Waals surface area (Å²) in [5, 5.41) is 2.53. The molecule has 1 atom stereocenters. The number of ether oxygens (including phenoxy) is 1. The molecule has 0 aromatic heterocycles. The van der Waals surface area contributed by atoms with Gasteiger partial charge in [-0.05, 0) is 43.7 Å². The van der Waals surface area contributed by atoms with E-state index in [-0.39, 0.29) is 17.3 Å². The van der Waals surface area contributed by atoms with Gasteiger partial charge >= 0.3 is 0 Å². The minimum atomic E-state index is -3.85. The molecule has 168 valence electrons. The predicted molar refractivity (Wildman–Crippen MR) is 118 cm³/mol. The average Bonchev–Trinajstić information content (AvgIpc) is 2.76. The van der Waals surface area contributed by atoms with Crippen LogP contribution in [-0.2, 0) is 26.2 Å². The summed E-state index contributed by atoms with van der Waals surface area (Å²) < 4.78 is 31.9. The van der Waals surface area contributed by atoms with Crippen LogP contribution in [0.5, 0.6) is 5.75 Å². The highest BCUT2D eigenvalue weighted by Gasteiger charge is 2.29. The van der Waals surface area contributed by atoms with E-state index >= 15 is 0 Å². The van der Waals surface area contributed by atoms with Gasteiger partial charge in [0.15, 0.2) is 0 Å². The van der Waals surface area contributed by atoms with Gasteiger partial charge in [-0.3, -0.25) is 9.59 Å². The largest absolute Gasteiger partial charge is 0.497 e. The molecule has 0 spiro atoms. The molecular weight excluding hydrogens is 418 g/mol. The van der Waals surface area contributed by atoms with E-state index in [0.717, 1.165) is 15.4 Å². The Kier molecular flexibility index (Phi) is 8.18. The first-order valence-corrected chi connectivity index (χ1v) is 11.2. The third kappa shape index (κ3) is 6.05. The molecule has 0 radical (unpaired) electrons. The number of hydrogen-bond acceptors (Lipinski definition) is 5. The molecule has 1 N–H and O–H groups in total. The number of sulfonamides is 1. The quantitative estimate of drug-likeness (QED) is 0.632. The Hall–Kier alpha value is -2.91. The van der Waals surface area contributed by atoms with Crippen LogP contribution >= 0.6 is 0 Å². The summed E-state index contributed by atoms with van der Waals surface area (Å²) in [5.41, 5.74) is 1.69. The topological polar surface area (TPSA) is 96.0 Å². The van der Waals surface area contributed by atoms with Crippen LogP contribution in [0.1, 0.15) is 18.1 Å². The third-order valence-corrected chi connectivity index (χ3v) is 6.81. The van der Waals surface area contributed by atoms with Gasteiger partial charge in [0.2, 0.25) is 21.8 Å². The van der Waals surface area contributed by atoms with Gasteiger partial charge in [-0.25, -0.2) is 8.42 Å². The molecular formula is C22H29N3O5S. The van der Waals surface area contributed by atoms with Gasteiger partial charge in [0.25, 0.3) is 0 Å². The van der Waals surface area contributed by atoms with Gasteiger partial charge in [-0.15, -0.1) is 0 Å². The summed E-state index contributed by atoms with van der Waals surface area (Å²) in [7, 11) is 0.523. The normalized spacial score (nSPS) is 12.3. The number of hydrogen-bond donors (Lipinski definition) is 1. The lowest BCUT2D eigenvalue weighted by molar-refractivity contribution is -0.140. The Morgan fingerprint density at radius 1 is 1.13 bits per heavy atom. The van der Waals surface area contributed by atoms with Crippen molar-refractivity contribution in [1.29, 1.82) is 0 Å². The summed E-state index contributed by atoms with van der Waals surface area (Å²) in [6, 6.07) is 12.8. The Labute approximate surface area is 183 Å². The fourth-order valence-electron chi connectivity index (χ4n) is 3.02. The Bertz CT molecular complexity index is 1020. The van der Waals surface area contributed by atoms with Crippen molar-refractivity contribution in [3.05, 3.63) is 59.7 Å². The monoisotopic (exact) mass is 447 g/mol. The van der Waals surface area contributed by atoms with Crippen LogP contribution in [0, 0.1) is 6.92 Å². The van der Waals surface area contributed by atoms with Crippen LogP contribution in [0.3, 0.4) is 0 Å². The molecule has 0 aliphatic heterocycles. The maximum Gasteiger partial charge on any atom is 0.243 e. The first-order chi connectivity index (χ1) is 14.6. The fourth-order valence-corrected chi connectivity index (χ4v) is 4.14. The van der Waals surface area contributed by atoms with Crippen molar-refractivity contribution in [2.75, 3.05) is 27.7 Å². The SMILES string of the molecule is CNC(=O)[C@@H](C)N(Cc1cccc(OC)c1)C(=O)CN(C)S(=O)(=O)c1ccc(C)cc1. The second-order valence-corrected chi connectivity index (χ2v) is 9.28. The van der Waals surface area contributed by atoms with Gasteiger partial charge in [0.1, 0.15) is 11.8 Å². The molecule has 8 nitrogen and oxygen atoms in total. The van der Waals surface area contributed by atoms with E-state index in [9.17, 15) is 18.0 Å². The molecule has 2 amide bonds. The standard InChI is InChI=1S/C22H29N3O5S/c1-16-9-11-20(12-10-16)31(28,29)24(4)15-21(26)25(17(2)22(27)23-3)14-18-7-6-8-19(13-18)30-5/h6-13,17H,14-15H2,1-5H3,(H,23,27)/t17-/m1/s1. The van der Waals surface area contributed by atoms with Crippen LogP contribution in [0.15, 0.2) is 53.4 Å². The summed E-state index contributed by atoms with van der Waals surface area (Å²) >= 11 is 0. The van der Waals surface area contributed by atoms with Crippen molar-refractivity contribution >= 4 is 21.8 Å². The van der Waals surface area contributed by atoms with Crippen molar-refractivity contribution in [2.45, 2.75) is 31.3 Å². The van der Waals surface area contributed by atoms with E-state index in [4.69, 9.17) is 4.74 Å². The zero-order valence-electron chi connectivity index (χ0n) is 18.5. The van der Waals surface area contributed by atoms with E-state index in [2.05, 4.69) is 5.32 Å². The van der Waals surface area contributed by atoms with Crippen molar-refractivity contribution in [1.82, 2.24) is 14.5 Å². The highest BCUT2D eigenvalue weighted by atomic mass is 32.2. The molecule has 0 aliphatic carbocycles. The molecule has 0 saturated heterocycles. The molecule has 2 aromatic carbocycles. The van der Waals surface area contributed by atoms with E-state index in [0.29, 0.717) is 5.75 Å². The lowest BCUT2D eigenvalue weighted by atomic mass is 10.1. The summed E-state index contributed by atoms with van der Waals surface area (Å²) in [6.45, 7) is 3.19. The molecule has 0 aliphatic rings. The highest BCUT2D eigenvalue weighted by molar-refractivity contribution is 7.89. The minimum Gasteiger partial charge on any atom is -0.497 e. The average molecular weight is 448 g/mol. The second-order valence-electron chi connectivity index (χ2n) is 7.24. The van der Waals surface area contributed by atoms with Crippen LogP contribution in [-0.4, -0.2) is 63.2 Å². The van der Waals surface area contributed by atoms with Crippen molar-refractivity contribution in [3.63, 3.8) is 0 Å². The highest BCUT2D eigenvalue weighted by Crippen LogP contribution is 2.18. The summed E-state index contributed by atoms with van der Waals surface area (Å²) in [6.07, 6.45) is 0. The van der Waals surface area contributed by atoms with Gasteiger partial charge in [0, 0.05) is 20.6 Å². The van der Waals surface area contributed by atoms with Gasteiger partial charge in [0.05, 0.1) is 18.6 Å². The van der Waals surface area contributed by atoms with Crippen molar-refractivity contribution in [2.24, 2.45) is 0 Å². The number of benzene rings is 2. The first-order valence-electron chi connectivity index (χ1n) is 9.77. The molecule has 0 unspecified atom stereocenters. The van der Waals surface area contributed by atoms with E-state index in [1.54, 1.807) is 44.4 Å². The summed E-state index contributed by atoms with van der Waals surface area (Å²) in [5.74, 6) is -0.214. The first kappa shape index (κ1) is 24.4. The van der Waals surface area contributed by atoms with Crippen LogP contribution in [0.4, 0.5) is 0 Å². The zero-order chi connectivity index (χ0) is 23.2. The summed E-state index contributed by atoms with van der Waals surface area (Å²) in [4.78, 5) is 26.8. The van der Waals surface area contributed by atoms with Gasteiger partial charge < -0.3 is 15.0 Å². The number of methoxy groups -OCH3 is 1. The smallest absolute Gasteiger partial charge is 0.243 e. The molecule has 2 aromatic rings. The van der Waals surface area contributed by atoms with E-state index in [1.807, 2.05) is 13.0 Å². The molecule has 31 heavy (non-hydrogen) atoms. The van der Waals surface area contributed by atoms with E-state index < -0.39 is 28.5 Å². The number of amides is 2. The third-order valence-electron chi connectivity index (χ3n) is 4.99. The molecule has 0 saturated carbocycles. The van der Waals surface area contributed by atoms with Crippen LogP contribution < -0.4 is 10.1 Å². The second kappa shape index (κ2) is 10.4. The Balaban J connectivity index is 2.27. The Morgan fingerprint density at radius 3 is 2.35 bits per heavy atom. The molecule has 0 fully saturated rings. The van der Waals surface area contributed by atoms with Crippen molar-refractivity contribution < 1.29 is 22.7 Å². The number of carbonyl (C=O) groups is 2. The Morgan fingerprint density at radius 2 is 1.77 bits per heavy atom. The van der Waals surface area contributed by atoms with Gasteiger partial charge in [-0.1, -0.05) is 29.8 Å². The number of nitrogens with one attached hydrogen (secondary N) is 1. The minimum absolute atomic E-state index is 0.104. The maximum absolute atomic E-state index is 13.1. The lowest BCUT2D eigenvalue weighted by Gasteiger charge is -2.30.